The third kappa shape index (κ3) is 5.71. The third-order valence-electron chi connectivity index (χ3n) is 4.23. The maximum Gasteiger partial charge on any atom is 0.406 e. The molecule has 0 aliphatic carbocycles. The van der Waals surface area contributed by atoms with Crippen LogP contribution in [-0.2, 0) is 4.79 Å². The van der Waals surface area contributed by atoms with Crippen molar-refractivity contribution >= 4 is 29.3 Å². The lowest BCUT2D eigenvalue weighted by molar-refractivity contribution is -0.156. The molecule has 1 amide bonds. The number of aromatic nitrogens is 3. The number of thioether (sulfide) groups is 1. The van der Waals surface area contributed by atoms with Crippen molar-refractivity contribution in [3.05, 3.63) is 53.6 Å². The second-order valence-electron chi connectivity index (χ2n) is 6.48. The molecule has 6 nitrogen and oxygen atoms in total. The van der Waals surface area contributed by atoms with Crippen LogP contribution >= 0.6 is 23.4 Å². The van der Waals surface area contributed by atoms with E-state index in [1.54, 1.807) is 22.8 Å². The minimum atomic E-state index is -4.46. The van der Waals surface area contributed by atoms with Gasteiger partial charge in [0.2, 0.25) is 5.91 Å². The molecular formula is C20H18ClF3N4O2S. The van der Waals surface area contributed by atoms with Gasteiger partial charge < -0.3 is 9.64 Å². The minimum absolute atomic E-state index is 0.233. The van der Waals surface area contributed by atoms with Crippen LogP contribution in [-0.4, -0.2) is 58.2 Å². The molecule has 3 rings (SSSR count). The van der Waals surface area contributed by atoms with Gasteiger partial charge in [-0.1, -0.05) is 53.7 Å². The van der Waals surface area contributed by atoms with Gasteiger partial charge in [0.15, 0.2) is 11.0 Å². The van der Waals surface area contributed by atoms with Gasteiger partial charge in [-0.25, -0.2) is 0 Å². The van der Waals surface area contributed by atoms with Crippen LogP contribution in [0.4, 0.5) is 13.2 Å². The van der Waals surface area contributed by atoms with Crippen LogP contribution in [0.1, 0.15) is 0 Å². The smallest absolute Gasteiger partial charge is 0.406 e. The van der Waals surface area contributed by atoms with E-state index in [9.17, 15) is 18.0 Å². The minimum Gasteiger partial charge on any atom is -0.495 e. The maximum absolute atomic E-state index is 12.6. The topological polar surface area (TPSA) is 60.2 Å². The zero-order chi connectivity index (χ0) is 22.6. The number of alkyl halides is 3. The van der Waals surface area contributed by atoms with Gasteiger partial charge in [0.05, 0.1) is 23.6 Å². The normalized spacial score (nSPS) is 11.4. The summed E-state index contributed by atoms with van der Waals surface area (Å²) >= 11 is 7.27. The number of methoxy groups -OCH3 is 1. The standard InChI is InChI=1S/C20H18ClF3N4O2S/c1-27(12-20(22,23)24)17(29)11-31-19-26-25-18(13-6-4-3-5-7-13)28(19)14-8-9-16(30-2)15(21)10-14/h3-10H,11-12H2,1-2H3. The molecule has 0 bridgehead atoms. The van der Waals surface area contributed by atoms with E-state index < -0.39 is 18.6 Å². The van der Waals surface area contributed by atoms with Gasteiger partial charge in [-0.15, -0.1) is 10.2 Å². The zero-order valence-electron chi connectivity index (χ0n) is 16.6. The van der Waals surface area contributed by atoms with Crippen LogP contribution in [0.15, 0.2) is 53.7 Å². The van der Waals surface area contributed by atoms with Crippen LogP contribution in [0, 0.1) is 0 Å². The summed E-state index contributed by atoms with van der Waals surface area (Å²) in [6.07, 6.45) is -4.46. The molecule has 0 N–H and O–H groups in total. The Bertz CT molecular complexity index is 1060. The van der Waals surface area contributed by atoms with Gasteiger partial charge in [0.25, 0.3) is 0 Å². The first-order chi connectivity index (χ1) is 14.7. The Labute approximate surface area is 186 Å². The van der Waals surface area contributed by atoms with Crippen LogP contribution in [0.5, 0.6) is 5.75 Å². The second-order valence-corrected chi connectivity index (χ2v) is 7.83. The number of benzene rings is 2. The maximum atomic E-state index is 12.6. The number of nitrogens with zero attached hydrogens (tertiary/aromatic N) is 4. The molecule has 0 spiro atoms. The Morgan fingerprint density at radius 1 is 1.19 bits per heavy atom. The third-order valence-corrected chi connectivity index (χ3v) is 5.43. The van der Waals surface area contributed by atoms with E-state index in [0.29, 0.717) is 32.3 Å². The van der Waals surface area contributed by atoms with E-state index in [1.807, 2.05) is 30.3 Å². The van der Waals surface area contributed by atoms with Crippen molar-refractivity contribution < 1.29 is 22.7 Å². The Balaban J connectivity index is 1.93. The Kier molecular flexibility index (Phi) is 7.11. The number of hydrogen-bond donors (Lipinski definition) is 0. The van der Waals surface area contributed by atoms with Crippen molar-refractivity contribution in [2.24, 2.45) is 0 Å². The number of rotatable bonds is 7. The van der Waals surface area contributed by atoms with E-state index >= 15 is 0 Å². The van der Waals surface area contributed by atoms with E-state index in [2.05, 4.69) is 10.2 Å². The molecule has 11 heteroatoms. The fraction of sp³-hybridized carbons (Fsp3) is 0.250. The molecule has 0 fully saturated rings. The Morgan fingerprint density at radius 3 is 2.52 bits per heavy atom. The summed E-state index contributed by atoms with van der Waals surface area (Å²) in [6, 6.07) is 14.3. The summed E-state index contributed by atoms with van der Waals surface area (Å²) in [5.41, 5.74) is 1.39. The molecule has 0 radical (unpaired) electrons. The molecule has 164 valence electrons. The molecule has 0 saturated carbocycles. The number of carbonyl (C=O) groups excluding carboxylic acids is 1. The van der Waals surface area contributed by atoms with Gasteiger partial charge >= 0.3 is 6.18 Å². The molecule has 1 heterocycles. The highest BCUT2D eigenvalue weighted by Gasteiger charge is 2.31. The number of amides is 1. The Hall–Kier alpha value is -2.72. The van der Waals surface area contributed by atoms with Crippen molar-refractivity contribution in [3.63, 3.8) is 0 Å². The lowest BCUT2D eigenvalue weighted by Gasteiger charge is -2.18. The number of hydrogen-bond acceptors (Lipinski definition) is 5. The lowest BCUT2D eigenvalue weighted by atomic mass is 10.2. The van der Waals surface area contributed by atoms with Gasteiger partial charge in [-0.3, -0.25) is 9.36 Å². The predicted octanol–water partition coefficient (Wildman–Crippen LogP) is 4.71. The monoisotopic (exact) mass is 470 g/mol. The van der Waals surface area contributed by atoms with Crippen molar-refractivity contribution in [1.82, 2.24) is 19.7 Å². The summed E-state index contributed by atoms with van der Waals surface area (Å²) in [7, 11) is 2.61. The van der Waals surface area contributed by atoms with Gasteiger partial charge in [-0.05, 0) is 18.2 Å². The van der Waals surface area contributed by atoms with Gasteiger partial charge in [-0.2, -0.15) is 13.2 Å². The molecule has 0 atom stereocenters. The van der Waals surface area contributed by atoms with E-state index in [1.165, 1.54) is 7.11 Å². The fourth-order valence-electron chi connectivity index (χ4n) is 2.76. The van der Waals surface area contributed by atoms with E-state index in [-0.39, 0.29) is 5.75 Å². The van der Waals surface area contributed by atoms with Crippen molar-refractivity contribution in [2.45, 2.75) is 11.3 Å². The molecule has 0 unspecified atom stereocenters. The van der Waals surface area contributed by atoms with Crippen LogP contribution < -0.4 is 4.74 Å². The van der Waals surface area contributed by atoms with E-state index in [4.69, 9.17) is 16.3 Å². The molecule has 3 aromatic rings. The first-order valence-corrected chi connectivity index (χ1v) is 10.3. The highest BCUT2D eigenvalue weighted by Crippen LogP contribution is 2.32. The molecule has 31 heavy (non-hydrogen) atoms. The summed E-state index contributed by atoms with van der Waals surface area (Å²) in [5.74, 6) is 0.0767. The predicted molar refractivity (Wildman–Crippen MR) is 113 cm³/mol. The molecule has 1 aromatic heterocycles. The van der Waals surface area contributed by atoms with Crippen LogP contribution in [0.3, 0.4) is 0 Å². The summed E-state index contributed by atoms with van der Waals surface area (Å²) in [6.45, 7) is -1.32. The average Bonchev–Trinajstić information content (AvgIpc) is 3.15. The lowest BCUT2D eigenvalue weighted by Crippen LogP contribution is -2.36. The summed E-state index contributed by atoms with van der Waals surface area (Å²) < 4.78 is 44.6. The zero-order valence-corrected chi connectivity index (χ0v) is 18.1. The first kappa shape index (κ1) is 23.0. The van der Waals surface area contributed by atoms with Crippen molar-refractivity contribution in [3.8, 4) is 22.8 Å². The number of carbonyl (C=O) groups is 1. The SMILES string of the molecule is COc1ccc(-n2c(SCC(=O)N(C)CC(F)(F)F)nnc2-c2ccccc2)cc1Cl. The second kappa shape index (κ2) is 9.61. The molecule has 0 saturated heterocycles. The number of ether oxygens (including phenoxy) is 1. The quantitative estimate of drug-likeness (QED) is 0.468. The van der Waals surface area contributed by atoms with Crippen LogP contribution in [0.2, 0.25) is 5.02 Å². The highest BCUT2D eigenvalue weighted by molar-refractivity contribution is 7.99. The molecule has 0 aliphatic rings. The summed E-state index contributed by atoms with van der Waals surface area (Å²) in [4.78, 5) is 12.8. The fourth-order valence-corrected chi connectivity index (χ4v) is 3.90. The summed E-state index contributed by atoms with van der Waals surface area (Å²) in [5, 5.41) is 9.09. The number of halogens is 4. The van der Waals surface area contributed by atoms with Gasteiger partial charge in [0.1, 0.15) is 12.3 Å². The first-order valence-electron chi connectivity index (χ1n) is 8.98. The Morgan fingerprint density at radius 2 is 1.90 bits per heavy atom. The van der Waals surface area contributed by atoms with Crippen molar-refractivity contribution in [2.75, 3.05) is 26.5 Å². The van der Waals surface area contributed by atoms with E-state index in [0.717, 1.165) is 24.4 Å². The molecule has 2 aromatic carbocycles. The largest absolute Gasteiger partial charge is 0.495 e. The van der Waals surface area contributed by atoms with Crippen molar-refractivity contribution in [1.29, 1.82) is 0 Å². The highest BCUT2D eigenvalue weighted by atomic mass is 35.5. The molecular weight excluding hydrogens is 453 g/mol. The molecule has 0 aliphatic heterocycles. The van der Waals surface area contributed by atoms with Crippen LogP contribution in [0.25, 0.3) is 17.1 Å². The average molecular weight is 471 g/mol. The van der Waals surface area contributed by atoms with Gasteiger partial charge in [0, 0.05) is 12.6 Å².